The maximum atomic E-state index is 12.0. The Morgan fingerprint density at radius 3 is 2.64 bits per heavy atom. The van der Waals surface area contributed by atoms with Gasteiger partial charge in [0.05, 0.1) is 5.25 Å². The number of nitrogens with zero attached hydrogens (tertiary/aromatic N) is 3. The lowest BCUT2D eigenvalue weighted by Gasteiger charge is -2.12. The van der Waals surface area contributed by atoms with Crippen molar-refractivity contribution in [2.45, 2.75) is 23.9 Å². The van der Waals surface area contributed by atoms with Crippen molar-refractivity contribution in [2.75, 3.05) is 7.05 Å². The quantitative estimate of drug-likeness (QED) is 0.550. The number of rotatable bonds is 6. The number of benzene rings is 1. The van der Waals surface area contributed by atoms with E-state index in [4.69, 9.17) is 0 Å². The first-order valence-electron chi connectivity index (χ1n) is 7.45. The van der Waals surface area contributed by atoms with Gasteiger partial charge in [0.1, 0.15) is 0 Å². The minimum absolute atomic E-state index is 0.400. The molecule has 0 aliphatic heterocycles. The van der Waals surface area contributed by atoms with E-state index in [1.54, 1.807) is 13.0 Å². The van der Waals surface area contributed by atoms with Crippen molar-refractivity contribution in [3.8, 4) is 11.4 Å². The second-order valence-corrected chi connectivity index (χ2v) is 7.26. The summed E-state index contributed by atoms with van der Waals surface area (Å²) in [6, 6.07) is 7.18. The summed E-state index contributed by atoms with van der Waals surface area (Å²) >= 11 is 4.64. The van der Waals surface area contributed by atoms with E-state index in [0.29, 0.717) is 17.5 Å². The summed E-state index contributed by atoms with van der Waals surface area (Å²) in [6.45, 7) is 5.97. The maximum Gasteiger partial charge on any atom is 0.321 e. The Kier molecular flexibility index (Phi) is 6.77. The highest BCUT2D eigenvalue weighted by Crippen LogP contribution is 2.27. The van der Waals surface area contributed by atoms with E-state index in [1.165, 1.54) is 18.8 Å². The summed E-state index contributed by atoms with van der Waals surface area (Å²) < 4.78 is 2.85. The Morgan fingerprint density at radius 1 is 1.36 bits per heavy atom. The van der Waals surface area contributed by atoms with Crippen LogP contribution in [0, 0.1) is 0 Å². The average molecular weight is 424 g/mol. The van der Waals surface area contributed by atoms with Crippen LogP contribution in [0.15, 0.2) is 46.5 Å². The van der Waals surface area contributed by atoms with Gasteiger partial charge in [-0.1, -0.05) is 45.9 Å². The number of thioether (sulfide) groups is 1. The van der Waals surface area contributed by atoms with Crippen LogP contribution >= 0.6 is 27.7 Å². The molecule has 1 atom stereocenters. The third-order valence-corrected chi connectivity index (χ3v) is 4.86. The molecule has 0 radical (unpaired) electrons. The van der Waals surface area contributed by atoms with Crippen LogP contribution in [-0.2, 0) is 11.3 Å². The van der Waals surface area contributed by atoms with Gasteiger partial charge in [-0.25, -0.2) is 4.79 Å². The van der Waals surface area contributed by atoms with E-state index in [1.807, 2.05) is 28.8 Å². The maximum absolute atomic E-state index is 12.0. The molecule has 0 fully saturated rings. The first kappa shape index (κ1) is 19.2. The molecule has 3 amide bonds. The van der Waals surface area contributed by atoms with E-state index >= 15 is 0 Å². The molecule has 0 spiro atoms. The van der Waals surface area contributed by atoms with Crippen molar-refractivity contribution in [1.29, 1.82) is 0 Å². The van der Waals surface area contributed by atoms with Gasteiger partial charge in [0, 0.05) is 23.6 Å². The van der Waals surface area contributed by atoms with Crippen LogP contribution < -0.4 is 10.6 Å². The fourth-order valence-electron chi connectivity index (χ4n) is 1.97. The molecule has 0 saturated heterocycles. The predicted octanol–water partition coefficient (Wildman–Crippen LogP) is 2.83. The molecule has 1 aromatic carbocycles. The number of urea groups is 1. The Hall–Kier alpha value is -2.13. The summed E-state index contributed by atoms with van der Waals surface area (Å²) in [7, 11) is 1.45. The molecule has 2 rings (SSSR count). The summed E-state index contributed by atoms with van der Waals surface area (Å²) in [5.41, 5.74) is 0.909. The van der Waals surface area contributed by atoms with Crippen molar-refractivity contribution in [2.24, 2.45) is 0 Å². The van der Waals surface area contributed by atoms with Crippen LogP contribution in [0.3, 0.4) is 0 Å². The lowest BCUT2D eigenvalue weighted by atomic mass is 10.2. The minimum Gasteiger partial charge on any atom is -0.341 e. The van der Waals surface area contributed by atoms with Crippen LogP contribution in [-0.4, -0.2) is 39.0 Å². The topological polar surface area (TPSA) is 88.9 Å². The van der Waals surface area contributed by atoms with Gasteiger partial charge in [-0.3, -0.25) is 14.7 Å². The van der Waals surface area contributed by atoms with E-state index in [-0.39, 0.29) is 0 Å². The molecule has 25 heavy (non-hydrogen) atoms. The molecule has 1 heterocycles. The van der Waals surface area contributed by atoms with Crippen LogP contribution in [0.25, 0.3) is 11.4 Å². The first-order chi connectivity index (χ1) is 12.0. The molecule has 0 saturated carbocycles. The third kappa shape index (κ3) is 4.93. The summed E-state index contributed by atoms with van der Waals surface area (Å²) in [6.07, 6.45) is 1.74. The largest absolute Gasteiger partial charge is 0.341 e. The number of imide groups is 1. The number of amides is 3. The molecule has 2 aromatic rings. The van der Waals surface area contributed by atoms with Gasteiger partial charge in [0.25, 0.3) is 0 Å². The highest BCUT2D eigenvalue weighted by atomic mass is 79.9. The number of halogens is 1. The highest BCUT2D eigenvalue weighted by Gasteiger charge is 2.21. The van der Waals surface area contributed by atoms with Gasteiger partial charge >= 0.3 is 6.03 Å². The van der Waals surface area contributed by atoms with Gasteiger partial charge in [-0.2, -0.15) is 0 Å². The number of hydrogen-bond donors (Lipinski definition) is 2. The van der Waals surface area contributed by atoms with Crippen molar-refractivity contribution >= 4 is 39.6 Å². The zero-order valence-corrected chi connectivity index (χ0v) is 16.2. The fourth-order valence-corrected chi connectivity index (χ4v) is 3.09. The van der Waals surface area contributed by atoms with Crippen molar-refractivity contribution in [3.05, 3.63) is 41.4 Å². The Morgan fingerprint density at radius 2 is 2.04 bits per heavy atom. The van der Waals surface area contributed by atoms with E-state index < -0.39 is 17.2 Å². The zero-order valence-electron chi connectivity index (χ0n) is 13.8. The van der Waals surface area contributed by atoms with Crippen LogP contribution in [0.1, 0.15) is 6.92 Å². The smallest absolute Gasteiger partial charge is 0.321 e. The van der Waals surface area contributed by atoms with Crippen LogP contribution in [0.4, 0.5) is 4.79 Å². The molecule has 7 nitrogen and oxygen atoms in total. The molecule has 0 aliphatic rings. The average Bonchev–Trinajstić information content (AvgIpc) is 2.98. The number of carbonyl (C=O) groups is 2. The summed E-state index contributed by atoms with van der Waals surface area (Å²) in [5.74, 6) is 0.288. The van der Waals surface area contributed by atoms with Gasteiger partial charge in [0.2, 0.25) is 5.91 Å². The number of nitrogens with one attached hydrogen (secondary N) is 2. The fraction of sp³-hybridized carbons (Fsp3) is 0.250. The number of aromatic nitrogens is 3. The number of hydrogen-bond acceptors (Lipinski definition) is 5. The third-order valence-electron chi connectivity index (χ3n) is 3.25. The monoisotopic (exact) mass is 423 g/mol. The lowest BCUT2D eigenvalue weighted by molar-refractivity contribution is -0.119. The summed E-state index contributed by atoms with van der Waals surface area (Å²) in [4.78, 5) is 23.3. The lowest BCUT2D eigenvalue weighted by Crippen LogP contribution is -2.41. The van der Waals surface area contributed by atoms with Gasteiger partial charge in [0.15, 0.2) is 11.0 Å². The van der Waals surface area contributed by atoms with Crippen molar-refractivity contribution in [1.82, 2.24) is 25.4 Å². The van der Waals surface area contributed by atoms with Gasteiger partial charge in [-0.05, 0) is 19.1 Å². The second kappa shape index (κ2) is 8.82. The van der Waals surface area contributed by atoms with E-state index in [9.17, 15) is 9.59 Å². The van der Waals surface area contributed by atoms with Crippen molar-refractivity contribution in [3.63, 3.8) is 0 Å². The Bertz CT molecular complexity index is 775. The molecule has 132 valence electrons. The number of allylic oxidation sites excluding steroid dienone is 1. The molecular formula is C16H18BrN5O2S. The number of carbonyl (C=O) groups excluding carboxylic acids is 2. The first-order valence-corrected chi connectivity index (χ1v) is 9.12. The van der Waals surface area contributed by atoms with Crippen LogP contribution in [0.5, 0.6) is 0 Å². The Labute approximate surface area is 158 Å². The standard InChI is InChI=1S/C16H18BrN5O2S/c1-4-9-22-13(11-5-7-12(17)8-6-11)20-21-16(22)25-10(2)14(23)19-15(24)18-3/h4-8,10H,1,9H2,2-3H3,(H2,18,19,23,24). The van der Waals surface area contributed by atoms with Crippen molar-refractivity contribution < 1.29 is 9.59 Å². The minimum atomic E-state index is -0.541. The summed E-state index contributed by atoms with van der Waals surface area (Å²) in [5, 5.41) is 13.1. The molecule has 0 aliphatic carbocycles. The molecular weight excluding hydrogens is 406 g/mol. The SMILES string of the molecule is C=CCn1c(SC(C)C(=O)NC(=O)NC)nnc1-c1ccc(Br)cc1. The molecule has 2 N–H and O–H groups in total. The normalized spacial score (nSPS) is 11.6. The highest BCUT2D eigenvalue weighted by molar-refractivity contribution is 9.10. The van der Waals surface area contributed by atoms with E-state index in [0.717, 1.165) is 10.0 Å². The van der Waals surface area contributed by atoms with E-state index in [2.05, 4.69) is 43.3 Å². The second-order valence-electron chi connectivity index (χ2n) is 5.04. The molecule has 0 bridgehead atoms. The van der Waals surface area contributed by atoms with Gasteiger partial charge < -0.3 is 5.32 Å². The van der Waals surface area contributed by atoms with Gasteiger partial charge in [-0.15, -0.1) is 16.8 Å². The molecule has 1 unspecified atom stereocenters. The Balaban J connectivity index is 2.23. The predicted molar refractivity (Wildman–Crippen MR) is 101 cm³/mol. The molecule has 9 heteroatoms. The molecule has 1 aromatic heterocycles. The zero-order chi connectivity index (χ0) is 18.4. The van der Waals surface area contributed by atoms with Crippen LogP contribution in [0.2, 0.25) is 0 Å².